The molecule has 1 atom stereocenters. The van der Waals surface area contributed by atoms with Crippen LogP contribution in [0.1, 0.15) is 40.0 Å². The Labute approximate surface area is 96.1 Å². The van der Waals surface area contributed by atoms with Crippen LogP contribution < -0.4 is 5.32 Å². The third kappa shape index (κ3) is 4.08. The van der Waals surface area contributed by atoms with Crippen molar-refractivity contribution in [2.45, 2.75) is 51.8 Å². The maximum absolute atomic E-state index is 11.5. The van der Waals surface area contributed by atoms with Gasteiger partial charge in [-0.1, -0.05) is 0 Å². The number of amides is 2. The SMILES string of the molecule is CC(C)(C)OC(=O)NC1CCCCN1[C]=O. The van der Waals surface area contributed by atoms with Crippen LogP contribution in [0, 0.1) is 0 Å². The highest BCUT2D eigenvalue weighted by Crippen LogP contribution is 2.14. The summed E-state index contributed by atoms with van der Waals surface area (Å²) in [6, 6.07) is 0. The number of piperidine rings is 1. The predicted octanol–water partition coefficient (Wildman–Crippen LogP) is 1.39. The second kappa shape index (κ2) is 5.18. The molecule has 0 saturated carbocycles. The van der Waals surface area contributed by atoms with Crippen LogP contribution in [0.5, 0.6) is 0 Å². The van der Waals surface area contributed by atoms with Gasteiger partial charge in [-0.25, -0.2) is 4.79 Å². The maximum Gasteiger partial charge on any atom is 0.409 e. The topological polar surface area (TPSA) is 58.6 Å². The number of carbonyl (C=O) groups is 1. The zero-order valence-corrected chi connectivity index (χ0v) is 10.1. The average Bonchev–Trinajstić information content (AvgIpc) is 2.15. The van der Waals surface area contributed by atoms with Gasteiger partial charge in [0.15, 0.2) is 0 Å². The van der Waals surface area contributed by atoms with Gasteiger partial charge in [0, 0.05) is 6.54 Å². The number of alkyl carbamates (subject to hydrolysis) is 1. The molecule has 1 rings (SSSR count). The van der Waals surface area contributed by atoms with E-state index in [0.717, 1.165) is 19.3 Å². The molecule has 1 aliphatic heterocycles. The van der Waals surface area contributed by atoms with Gasteiger partial charge in [-0.15, -0.1) is 0 Å². The zero-order chi connectivity index (χ0) is 12.2. The van der Waals surface area contributed by atoms with E-state index in [1.807, 2.05) is 6.41 Å². The number of rotatable bonds is 2. The fourth-order valence-corrected chi connectivity index (χ4v) is 1.63. The smallest absolute Gasteiger partial charge is 0.409 e. The van der Waals surface area contributed by atoms with Crippen molar-refractivity contribution in [2.75, 3.05) is 6.54 Å². The van der Waals surface area contributed by atoms with Gasteiger partial charge in [0.1, 0.15) is 11.8 Å². The molecular formula is C11H19N2O3. The average molecular weight is 227 g/mol. The van der Waals surface area contributed by atoms with Crippen LogP contribution in [0.2, 0.25) is 0 Å². The van der Waals surface area contributed by atoms with Crippen LogP contribution in [-0.4, -0.2) is 35.7 Å². The van der Waals surface area contributed by atoms with Crippen molar-refractivity contribution >= 4 is 12.5 Å². The molecule has 91 valence electrons. The number of ether oxygens (including phenoxy) is 1. The van der Waals surface area contributed by atoms with E-state index < -0.39 is 11.7 Å². The molecule has 1 aliphatic rings. The standard InChI is InChI=1S/C11H19N2O3/c1-11(2,3)16-10(15)12-9-6-4-5-7-13(9)8-14/h9H,4-7H2,1-3H3,(H,12,15). The van der Waals surface area contributed by atoms with Gasteiger partial charge in [-0.05, 0) is 40.0 Å². The van der Waals surface area contributed by atoms with E-state index in [2.05, 4.69) is 5.32 Å². The minimum atomic E-state index is -0.519. The molecule has 0 spiro atoms. The summed E-state index contributed by atoms with van der Waals surface area (Å²) in [7, 11) is 0. The second-order valence-corrected chi connectivity index (χ2v) is 4.94. The van der Waals surface area contributed by atoms with E-state index in [9.17, 15) is 9.59 Å². The molecule has 2 amide bonds. The van der Waals surface area contributed by atoms with Crippen molar-refractivity contribution in [2.24, 2.45) is 0 Å². The monoisotopic (exact) mass is 227 g/mol. The third-order valence-corrected chi connectivity index (χ3v) is 2.30. The summed E-state index contributed by atoms with van der Waals surface area (Å²) in [6.07, 6.45) is 3.79. The third-order valence-electron chi connectivity index (χ3n) is 2.30. The van der Waals surface area contributed by atoms with Crippen molar-refractivity contribution in [1.82, 2.24) is 10.2 Å². The molecule has 1 radical (unpaired) electrons. The van der Waals surface area contributed by atoms with Gasteiger partial charge in [-0.2, -0.15) is 0 Å². The molecule has 0 aromatic rings. The van der Waals surface area contributed by atoms with Crippen LogP contribution in [0.25, 0.3) is 0 Å². The second-order valence-electron chi connectivity index (χ2n) is 4.94. The Morgan fingerprint density at radius 1 is 1.44 bits per heavy atom. The van der Waals surface area contributed by atoms with E-state index in [-0.39, 0.29) is 6.17 Å². The lowest BCUT2D eigenvalue weighted by molar-refractivity contribution is 0.0435. The fraction of sp³-hybridized carbons (Fsp3) is 0.818. The Morgan fingerprint density at radius 2 is 2.12 bits per heavy atom. The summed E-state index contributed by atoms with van der Waals surface area (Å²) in [5, 5.41) is 2.68. The lowest BCUT2D eigenvalue weighted by Crippen LogP contribution is -2.51. The molecule has 0 aliphatic carbocycles. The van der Waals surface area contributed by atoms with E-state index in [4.69, 9.17) is 4.74 Å². The van der Waals surface area contributed by atoms with Crippen molar-refractivity contribution in [1.29, 1.82) is 0 Å². The van der Waals surface area contributed by atoms with Crippen molar-refractivity contribution < 1.29 is 14.3 Å². The number of likely N-dealkylation sites (tertiary alicyclic amines) is 1. The summed E-state index contributed by atoms with van der Waals surface area (Å²) >= 11 is 0. The van der Waals surface area contributed by atoms with E-state index in [1.54, 1.807) is 20.8 Å². The highest BCUT2D eigenvalue weighted by Gasteiger charge is 2.25. The Balaban J connectivity index is 2.45. The zero-order valence-electron chi connectivity index (χ0n) is 10.1. The lowest BCUT2D eigenvalue weighted by Gasteiger charge is -2.32. The van der Waals surface area contributed by atoms with Gasteiger partial charge >= 0.3 is 12.5 Å². The van der Waals surface area contributed by atoms with E-state index in [1.165, 1.54) is 4.90 Å². The molecule has 0 aromatic carbocycles. The van der Waals surface area contributed by atoms with Crippen LogP contribution in [-0.2, 0) is 9.53 Å². The first-order valence-electron chi connectivity index (χ1n) is 5.56. The molecule has 1 N–H and O–H groups in total. The maximum atomic E-state index is 11.5. The molecule has 5 nitrogen and oxygen atoms in total. The normalized spacial score (nSPS) is 21.4. The van der Waals surface area contributed by atoms with Crippen LogP contribution in [0.4, 0.5) is 4.79 Å². The molecule has 1 fully saturated rings. The molecule has 0 bridgehead atoms. The lowest BCUT2D eigenvalue weighted by atomic mass is 10.1. The van der Waals surface area contributed by atoms with Gasteiger partial charge in [0.25, 0.3) is 0 Å². The number of nitrogens with zero attached hydrogens (tertiary/aromatic N) is 1. The van der Waals surface area contributed by atoms with E-state index >= 15 is 0 Å². The Hall–Kier alpha value is -1.26. The largest absolute Gasteiger partial charge is 0.444 e. The highest BCUT2D eigenvalue weighted by molar-refractivity contribution is 5.68. The van der Waals surface area contributed by atoms with E-state index in [0.29, 0.717) is 6.54 Å². The van der Waals surface area contributed by atoms with Crippen molar-refractivity contribution in [3.05, 3.63) is 0 Å². The molecule has 0 aromatic heterocycles. The minimum Gasteiger partial charge on any atom is -0.444 e. The quantitative estimate of drug-likeness (QED) is 0.775. The van der Waals surface area contributed by atoms with Gasteiger partial charge < -0.3 is 15.0 Å². The number of nitrogens with one attached hydrogen (secondary N) is 1. The van der Waals surface area contributed by atoms with Crippen LogP contribution >= 0.6 is 0 Å². The molecule has 16 heavy (non-hydrogen) atoms. The van der Waals surface area contributed by atoms with Crippen LogP contribution in [0.3, 0.4) is 0 Å². The molecule has 5 heteroatoms. The first kappa shape index (κ1) is 12.8. The molecule has 1 unspecified atom stereocenters. The Morgan fingerprint density at radius 3 is 2.69 bits per heavy atom. The van der Waals surface area contributed by atoms with Crippen molar-refractivity contribution in [3.8, 4) is 0 Å². The predicted molar refractivity (Wildman–Crippen MR) is 59.4 cm³/mol. The molecule has 1 saturated heterocycles. The summed E-state index contributed by atoms with van der Waals surface area (Å²) in [4.78, 5) is 23.6. The highest BCUT2D eigenvalue weighted by atomic mass is 16.6. The Kier molecular flexibility index (Phi) is 4.15. The number of carbonyl (C=O) groups excluding carboxylic acids is 2. The van der Waals surface area contributed by atoms with Gasteiger partial charge in [-0.3, -0.25) is 4.79 Å². The Bertz CT molecular complexity index is 260. The fourth-order valence-electron chi connectivity index (χ4n) is 1.63. The summed E-state index contributed by atoms with van der Waals surface area (Å²) in [5.74, 6) is 0. The molecule has 1 heterocycles. The summed E-state index contributed by atoms with van der Waals surface area (Å²) in [6.45, 7) is 6.05. The summed E-state index contributed by atoms with van der Waals surface area (Å²) in [5.41, 5.74) is -0.519. The summed E-state index contributed by atoms with van der Waals surface area (Å²) < 4.78 is 5.13. The first-order chi connectivity index (χ1) is 7.42. The number of hydrogen-bond donors (Lipinski definition) is 1. The van der Waals surface area contributed by atoms with Gasteiger partial charge in [0.2, 0.25) is 0 Å². The minimum absolute atomic E-state index is 0.277. The van der Waals surface area contributed by atoms with Crippen LogP contribution in [0.15, 0.2) is 0 Å². The number of hydrogen-bond acceptors (Lipinski definition) is 3. The van der Waals surface area contributed by atoms with Crippen molar-refractivity contribution in [3.63, 3.8) is 0 Å². The molecular weight excluding hydrogens is 208 g/mol. The van der Waals surface area contributed by atoms with Gasteiger partial charge in [0.05, 0.1) is 0 Å². The first-order valence-corrected chi connectivity index (χ1v) is 5.56.